The van der Waals surface area contributed by atoms with Crippen LogP contribution in [-0.2, 0) is 0 Å². The summed E-state index contributed by atoms with van der Waals surface area (Å²) in [6.07, 6.45) is 0. The number of hydrogen-bond acceptors (Lipinski definition) is 3. The molecule has 0 aliphatic heterocycles. The van der Waals surface area contributed by atoms with Gasteiger partial charge in [0, 0.05) is 25.0 Å². The highest BCUT2D eigenvalue weighted by atomic mass is 32.1. The van der Waals surface area contributed by atoms with Gasteiger partial charge in [-0.25, -0.2) is 0 Å². The molecule has 0 unspecified atom stereocenters. The first-order valence-electron chi connectivity index (χ1n) is 7.19. The summed E-state index contributed by atoms with van der Waals surface area (Å²) in [5, 5.41) is 5.02. The van der Waals surface area contributed by atoms with Gasteiger partial charge in [0.1, 0.15) is 0 Å². The predicted molar refractivity (Wildman–Crippen MR) is 103 cm³/mol. The molecule has 2 aromatic carbocycles. The van der Waals surface area contributed by atoms with Gasteiger partial charge in [-0.15, -0.1) is 34.0 Å². The average molecular weight is 337 g/mol. The highest BCUT2D eigenvalue weighted by molar-refractivity contribution is 7.36. The van der Waals surface area contributed by atoms with Gasteiger partial charge in [-0.05, 0) is 41.6 Å². The second-order valence-corrected chi connectivity index (χ2v) is 8.57. The van der Waals surface area contributed by atoms with Crippen molar-refractivity contribution >= 4 is 63.6 Å². The molecule has 3 heterocycles. The number of hydrogen-bond donors (Lipinski definition) is 0. The molecule has 0 saturated heterocycles. The summed E-state index contributed by atoms with van der Waals surface area (Å²) in [6.45, 7) is 2.16. The van der Waals surface area contributed by atoms with Crippen molar-refractivity contribution in [1.82, 2.24) is 0 Å². The summed E-state index contributed by atoms with van der Waals surface area (Å²) in [7, 11) is 0. The third-order valence-electron chi connectivity index (χ3n) is 4.00. The van der Waals surface area contributed by atoms with Gasteiger partial charge < -0.3 is 0 Å². The van der Waals surface area contributed by atoms with Crippen molar-refractivity contribution in [2.75, 3.05) is 0 Å². The molecule has 106 valence electrons. The minimum atomic E-state index is 1.34. The van der Waals surface area contributed by atoms with Crippen LogP contribution in [0, 0.1) is 6.92 Å². The lowest BCUT2D eigenvalue weighted by atomic mass is 10.1. The molecule has 0 fully saturated rings. The zero-order valence-corrected chi connectivity index (χ0v) is 14.4. The molecular formula is C19H12S3. The largest absolute Gasteiger partial charge is 0.144 e. The Morgan fingerprint density at radius 3 is 2.36 bits per heavy atom. The van der Waals surface area contributed by atoms with Gasteiger partial charge in [0.05, 0.1) is 9.40 Å². The number of benzene rings is 2. The normalized spacial score (nSPS) is 11.9. The summed E-state index contributed by atoms with van der Waals surface area (Å²) >= 11 is 5.68. The number of rotatable bonds is 1. The molecule has 0 spiro atoms. The first-order chi connectivity index (χ1) is 10.8. The Kier molecular flexibility index (Phi) is 2.71. The van der Waals surface area contributed by atoms with Crippen LogP contribution in [0.15, 0.2) is 53.9 Å². The van der Waals surface area contributed by atoms with Crippen LogP contribution in [-0.4, -0.2) is 0 Å². The average Bonchev–Trinajstić information content (AvgIpc) is 3.20. The SMILES string of the molecule is Cc1csc(-c2ccc3c(c2)sc2c4ccccc4sc32)c1. The molecule has 0 bridgehead atoms. The molecule has 3 aromatic heterocycles. The van der Waals surface area contributed by atoms with Crippen molar-refractivity contribution in [3.63, 3.8) is 0 Å². The molecule has 5 rings (SSSR count). The van der Waals surface area contributed by atoms with E-state index in [0.29, 0.717) is 0 Å². The zero-order valence-electron chi connectivity index (χ0n) is 11.9. The van der Waals surface area contributed by atoms with Crippen LogP contribution in [0.2, 0.25) is 0 Å². The van der Waals surface area contributed by atoms with Crippen LogP contribution in [0.1, 0.15) is 5.56 Å². The van der Waals surface area contributed by atoms with Gasteiger partial charge in [0.25, 0.3) is 0 Å². The van der Waals surface area contributed by atoms with Crippen molar-refractivity contribution in [2.45, 2.75) is 6.92 Å². The van der Waals surface area contributed by atoms with Gasteiger partial charge in [0.15, 0.2) is 0 Å². The highest BCUT2D eigenvalue weighted by Gasteiger charge is 2.12. The quantitative estimate of drug-likeness (QED) is 0.301. The van der Waals surface area contributed by atoms with Crippen molar-refractivity contribution in [3.05, 3.63) is 59.5 Å². The minimum absolute atomic E-state index is 1.34. The Morgan fingerprint density at radius 2 is 1.55 bits per heavy atom. The second-order valence-electron chi connectivity index (χ2n) is 5.56. The summed E-state index contributed by atoms with van der Waals surface area (Å²) in [5.74, 6) is 0. The molecule has 22 heavy (non-hydrogen) atoms. The fourth-order valence-electron chi connectivity index (χ4n) is 2.94. The molecule has 3 heteroatoms. The Labute approximate surface area is 140 Å². The summed E-state index contributed by atoms with van der Waals surface area (Å²) in [4.78, 5) is 1.36. The van der Waals surface area contributed by atoms with E-state index in [2.05, 4.69) is 60.8 Å². The van der Waals surface area contributed by atoms with Crippen LogP contribution < -0.4 is 0 Å². The van der Waals surface area contributed by atoms with Crippen molar-refractivity contribution in [2.24, 2.45) is 0 Å². The van der Waals surface area contributed by atoms with Gasteiger partial charge in [0.2, 0.25) is 0 Å². The van der Waals surface area contributed by atoms with Gasteiger partial charge in [-0.3, -0.25) is 0 Å². The van der Waals surface area contributed by atoms with E-state index in [4.69, 9.17) is 0 Å². The maximum absolute atomic E-state index is 2.35. The van der Waals surface area contributed by atoms with E-state index in [-0.39, 0.29) is 0 Å². The molecule has 0 aliphatic carbocycles. The standard InChI is InChI=1S/C19H12S3/c1-11-8-16(20-10-11)12-6-7-14-17(9-12)22-18-13-4-2-3-5-15(13)21-19(14)18/h2-10H,1H3. The summed E-state index contributed by atoms with van der Waals surface area (Å²) < 4.78 is 5.67. The van der Waals surface area contributed by atoms with Crippen molar-refractivity contribution in [1.29, 1.82) is 0 Å². The van der Waals surface area contributed by atoms with E-state index < -0.39 is 0 Å². The maximum Gasteiger partial charge on any atom is 0.0542 e. The smallest absolute Gasteiger partial charge is 0.0542 e. The van der Waals surface area contributed by atoms with Crippen LogP contribution >= 0.6 is 34.0 Å². The number of thiophene rings is 3. The first kappa shape index (κ1) is 12.8. The van der Waals surface area contributed by atoms with Crippen molar-refractivity contribution in [3.8, 4) is 10.4 Å². The lowest BCUT2D eigenvalue weighted by Gasteiger charge is -1.97. The fourth-order valence-corrected chi connectivity index (χ4v) is 6.53. The molecule has 0 nitrogen and oxygen atoms in total. The van der Waals surface area contributed by atoms with E-state index in [0.717, 1.165) is 0 Å². The third kappa shape index (κ3) is 1.80. The maximum atomic E-state index is 2.35. The lowest BCUT2D eigenvalue weighted by Crippen LogP contribution is -1.71. The van der Waals surface area contributed by atoms with E-state index in [1.165, 1.54) is 45.6 Å². The molecule has 0 saturated carbocycles. The number of aryl methyl sites for hydroxylation is 1. The van der Waals surface area contributed by atoms with Crippen LogP contribution in [0.4, 0.5) is 0 Å². The molecule has 0 atom stereocenters. The van der Waals surface area contributed by atoms with E-state index in [1.54, 1.807) is 0 Å². The van der Waals surface area contributed by atoms with Crippen molar-refractivity contribution < 1.29 is 0 Å². The predicted octanol–water partition coefficient (Wildman–Crippen LogP) is 7.31. The Balaban J connectivity index is 1.81. The Morgan fingerprint density at radius 1 is 0.773 bits per heavy atom. The third-order valence-corrected chi connectivity index (χ3v) is 7.62. The minimum Gasteiger partial charge on any atom is -0.144 e. The van der Waals surface area contributed by atoms with E-state index in [9.17, 15) is 0 Å². The monoisotopic (exact) mass is 336 g/mol. The van der Waals surface area contributed by atoms with E-state index >= 15 is 0 Å². The van der Waals surface area contributed by atoms with Crippen LogP contribution in [0.5, 0.6) is 0 Å². The first-order valence-corrected chi connectivity index (χ1v) is 9.70. The van der Waals surface area contributed by atoms with E-state index in [1.807, 2.05) is 34.0 Å². The van der Waals surface area contributed by atoms with Gasteiger partial charge in [-0.1, -0.05) is 30.3 Å². The molecule has 0 radical (unpaired) electrons. The molecule has 0 N–H and O–H groups in total. The fraction of sp³-hybridized carbons (Fsp3) is 0.0526. The summed E-state index contributed by atoms with van der Waals surface area (Å²) in [6, 6.07) is 17.9. The van der Waals surface area contributed by atoms with Crippen LogP contribution in [0.3, 0.4) is 0 Å². The van der Waals surface area contributed by atoms with Gasteiger partial charge in [-0.2, -0.15) is 0 Å². The Hall–Kier alpha value is -1.68. The zero-order chi connectivity index (χ0) is 14.7. The molecule has 0 aliphatic rings. The molecule has 0 amide bonds. The second kappa shape index (κ2) is 4.66. The highest BCUT2D eigenvalue weighted by Crippen LogP contribution is 2.45. The number of fused-ring (bicyclic) bond motifs is 5. The lowest BCUT2D eigenvalue weighted by molar-refractivity contribution is 1.55. The summed E-state index contributed by atoms with van der Waals surface area (Å²) in [5.41, 5.74) is 2.68. The van der Waals surface area contributed by atoms with Gasteiger partial charge >= 0.3 is 0 Å². The molecular weight excluding hydrogens is 324 g/mol. The Bertz CT molecular complexity index is 1140. The topological polar surface area (TPSA) is 0 Å². The molecule has 5 aromatic rings. The van der Waals surface area contributed by atoms with Crippen LogP contribution in [0.25, 0.3) is 40.0 Å².